The molecule has 0 saturated carbocycles. The fourth-order valence-corrected chi connectivity index (χ4v) is 7.20. The van der Waals surface area contributed by atoms with E-state index < -0.39 is 7.28 Å². The van der Waals surface area contributed by atoms with Crippen LogP contribution < -0.4 is 5.73 Å². The van der Waals surface area contributed by atoms with Crippen molar-refractivity contribution >= 4 is 7.28 Å². The standard InChI is InChI=1S/C20H45O3P.C14H31N/c1-3-5-7-9-11-13-15-17-19-24(21,22,23)20-18-16-14-12-10-8-6-4-2;1-2-3-4-5-6-7-8-9-10-11-12-13-14-15/h21-23H,3-20H2,1-2H3;2-15H2,1H3. The summed E-state index contributed by atoms with van der Waals surface area (Å²) in [5.41, 5.74) is 5.45. The van der Waals surface area contributed by atoms with Crippen LogP contribution in [0.4, 0.5) is 0 Å². The van der Waals surface area contributed by atoms with Crippen LogP contribution in [0.3, 0.4) is 0 Å². The summed E-state index contributed by atoms with van der Waals surface area (Å²) in [6.45, 7) is 7.60. The molecule has 0 heterocycles. The predicted molar refractivity (Wildman–Crippen MR) is 179 cm³/mol. The van der Waals surface area contributed by atoms with Gasteiger partial charge in [0.05, 0.1) is 0 Å². The van der Waals surface area contributed by atoms with E-state index in [0.717, 1.165) is 45.1 Å². The van der Waals surface area contributed by atoms with E-state index in [1.807, 2.05) is 0 Å². The summed E-state index contributed by atoms with van der Waals surface area (Å²) in [7, 11) is -4.34. The fourth-order valence-electron chi connectivity index (χ4n) is 5.24. The first kappa shape index (κ1) is 41.4. The van der Waals surface area contributed by atoms with Crippen LogP contribution in [0.15, 0.2) is 0 Å². The van der Waals surface area contributed by atoms with Crippen LogP contribution in [0, 0.1) is 0 Å². The van der Waals surface area contributed by atoms with Crippen molar-refractivity contribution in [1.29, 1.82) is 0 Å². The van der Waals surface area contributed by atoms with E-state index in [0.29, 0.717) is 0 Å². The zero-order valence-electron chi connectivity index (χ0n) is 27.3. The number of rotatable bonds is 30. The third-order valence-electron chi connectivity index (χ3n) is 8.00. The molecule has 4 nitrogen and oxygen atoms in total. The summed E-state index contributed by atoms with van der Waals surface area (Å²) in [6.07, 6.45) is 35.9. The van der Waals surface area contributed by atoms with Gasteiger partial charge in [-0.05, 0) is 13.0 Å². The Hall–Kier alpha value is 0.270. The Balaban J connectivity index is 0. The maximum atomic E-state index is 10.2. The molecule has 0 aliphatic rings. The zero-order chi connectivity index (χ0) is 29.4. The van der Waals surface area contributed by atoms with E-state index in [1.165, 1.54) is 141 Å². The predicted octanol–water partition coefficient (Wildman–Crippen LogP) is 11.2. The van der Waals surface area contributed by atoms with Gasteiger partial charge in [0.25, 0.3) is 0 Å². The summed E-state index contributed by atoms with van der Waals surface area (Å²) >= 11 is 0. The number of unbranched alkanes of at least 4 members (excludes halogenated alkanes) is 25. The Labute approximate surface area is 246 Å². The molecule has 0 aromatic carbocycles. The van der Waals surface area contributed by atoms with Gasteiger partial charge in [-0.3, -0.25) is 0 Å². The van der Waals surface area contributed by atoms with Gasteiger partial charge in [0.2, 0.25) is 0 Å². The normalized spacial score (nSPS) is 12.6. The Kier molecular flexibility index (Phi) is 33.1. The minimum atomic E-state index is -4.34. The Morgan fingerprint density at radius 1 is 0.333 bits per heavy atom. The molecule has 39 heavy (non-hydrogen) atoms. The Morgan fingerprint density at radius 3 is 0.769 bits per heavy atom. The molecule has 240 valence electrons. The average molecular weight is 578 g/mol. The van der Waals surface area contributed by atoms with Crippen LogP contribution in [0.5, 0.6) is 0 Å². The zero-order valence-corrected chi connectivity index (χ0v) is 28.2. The van der Waals surface area contributed by atoms with Gasteiger partial charge in [-0.15, -0.1) is 0 Å². The van der Waals surface area contributed by atoms with Crippen molar-refractivity contribution in [3.05, 3.63) is 0 Å². The summed E-state index contributed by atoms with van der Waals surface area (Å²) in [5.74, 6) is 0. The number of nitrogens with two attached hydrogens (primary N) is 1. The first-order valence-corrected chi connectivity index (χ1v) is 20.2. The molecule has 0 amide bonds. The molecule has 0 radical (unpaired) electrons. The quantitative estimate of drug-likeness (QED) is 0.0505. The Bertz CT molecular complexity index is 417. The second kappa shape index (κ2) is 31.2. The fraction of sp³-hybridized carbons (Fsp3) is 1.00. The van der Waals surface area contributed by atoms with Gasteiger partial charge < -0.3 is 5.73 Å². The van der Waals surface area contributed by atoms with E-state index in [2.05, 4.69) is 20.8 Å². The number of hydrogen-bond donors (Lipinski definition) is 4. The molecule has 0 aliphatic carbocycles. The van der Waals surface area contributed by atoms with Gasteiger partial charge in [-0.1, -0.05) is 77.6 Å². The summed E-state index contributed by atoms with van der Waals surface area (Å²) in [4.78, 5) is 30.5. The molecule has 0 rings (SSSR count). The van der Waals surface area contributed by atoms with Crippen LogP contribution >= 0.6 is 7.28 Å². The van der Waals surface area contributed by atoms with E-state index in [4.69, 9.17) is 5.73 Å². The van der Waals surface area contributed by atoms with Gasteiger partial charge in [0, 0.05) is 0 Å². The van der Waals surface area contributed by atoms with E-state index in [9.17, 15) is 14.7 Å². The van der Waals surface area contributed by atoms with Crippen molar-refractivity contribution in [3.8, 4) is 0 Å². The van der Waals surface area contributed by atoms with E-state index in [1.54, 1.807) is 0 Å². The molecule has 0 aromatic heterocycles. The van der Waals surface area contributed by atoms with Crippen LogP contribution in [-0.2, 0) is 0 Å². The van der Waals surface area contributed by atoms with Crippen LogP contribution in [0.25, 0.3) is 0 Å². The van der Waals surface area contributed by atoms with Crippen molar-refractivity contribution < 1.29 is 14.7 Å². The molecule has 0 fully saturated rings. The van der Waals surface area contributed by atoms with E-state index >= 15 is 0 Å². The molecular weight excluding hydrogens is 501 g/mol. The van der Waals surface area contributed by atoms with Gasteiger partial charge in [0.15, 0.2) is 0 Å². The molecule has 0 atom stereocenters. The first-order chi connectivity index (χ1) is 18.8. The van der Waals surface area contributed by atoms with Gasteiger partial charge in [-0.25, -0.2) is 0 Å². The SMILES string of the molecule is CCCCCCCCCCCCCCN.CCCCCCCCCCP(O)(O)(O)CCCCCCCCCC. The third-order valence-corrected chi connectivity index (χ3v) is 10.5. The van der Waals surface area contributed by atoms with Crippen molar-refractivity contribution in [2.24, 2.45) is 5.73 Å². The first-order valence-electron chi connectivity index (χ1n) is 17.8. The molecule has 0 bridgehead atoms. The molecule has 5 heteroatoms. The van der Waals surface area contributed by atoms with E-state index in [-0.39, 0.29) is 12.3 Å². The minimum absolute atomic E-state index is 0.205. The van der Waals surface area contributed by atoms with Crippen LogP contribution in [0.1, 0.15) is 201 Å². The maximum absolute atomic E-state index is 10.2. The molecular formula is C34H76NO3P. The van der Waals surface area contributed by atoms with Gasteiger partial charge in [-0.2, -0.15) is 0 Å². The van der Waals surface area contributed by atoms with Gasteiger partial charge >= 0.3 is 151 Å². The molecule has 0 unspecified atom stereocenters. The Morgan fingerprint density at radius 2 is 0.538 bits per heavy atom. The summed E-state index contributed by atoms with van der Waals surface area (Å²) in [6, 6.07) is 0. The monoisotopic (exact) mass is 578 g/mol. The second-order valence-corrected chi connectivity index (χ2v) is 16.0. The molecule has 0 aromatic rings. The topological polar surface area (TPSA) is 86.7 Å². The van der Waals surface area contributed by atoms with Gasteiger partial charge in [0.1, 0.15) is 0 Å². The number of hydrogen-bond acceptors (Lipinski definition) is 4. The molecule has 0 saturated heterocycles. The second-order valence-electron chi connectivity index (χ2n) is 12.4. The molecule has 5 N–H and O–H groups in total. The van der Waals surface area contributed by atoms with Crippen molar-refractivity contribution in [1.82, 2.24) is 0 Å². The average Bonchev–Trinajstić information content (AvgIpc) is 2.90. The van der Waals surface area contributed by atoms with Crippen molar-refractivity contribution in [2.75, 3.05) is 18.9 Å². The third kappa shape index (κ3) is 38.3. The van der Waals surface area contributed by atoms with Crippen molar-refractivity contribution in [3.63, 3.8) is 0 Å². The van der Waals surface area contributed by atoms with Crippen molar-refractivity contribution in [2.45, 2.75) is 201 Å². The summed E-state index contributed by atoms with van der Waals surface area (Å²) in [5, 5.41) is 0. The summed E-state index contributed by atoms with van der Waals surface area (Å²) < 4.78 is 0. The van der Waals surface area contributed by atoms with Crippen LogP contribution in [-0.4, -0.2) is 33.5 Å². The van der Waals surface area contributed by atoms with Crippen LogP contribution in [0.2, 0.25) is 0 Å². The molecule has 0 spiro atoms. The molecule has 0 aliphatic heterocycles.